The molecule has 4 rings (SSSR count). The molecule has 0 saturated carbocycles. The minimum absolute atomic E-state index is 0.131. The van der Waals surface area contributed by atoms with Gasteiger partial charge in [0.05, 0.1) is 5.69 Å². The number of nitrogens with zero attached hydrogens (tertiary/aromatic N) is 1. The van der Waals surface area contributed by atoms with E-state index in [1.165, 1.54) is 6.08 Å². The van der Waals surface area contributed by atoms with Crippen molar-refractivity contribution in [2.45, 2.75) is 0 Å². The summed E-state index contributed by atoms with van der Waals surface area (Å²) in [5.41, 5.74) is -1.37. The number of aromatic amines is 1. The predicted molar refractivity (Wildman–Crippen MR) is 100 cm³/mol. The molecule has 0 amide bonds. The van der Waals surface area contributed by atoms with Crippen molar-refractivity contribution in [3.05, 3.63) is 86.6 Å². The Labute approximate surface area is 157 Å². The summed E-state index contributed by atoms with van der Waals surface area (Å²) in [6, 6.07) is 13.3. The lowest BCUT2D eigenvalue weighted by atomic mass is 10.1. The highest BCUT2D eigenvalue weighted by Gasteiger charge is 2.20. The van der Waals surface area contributed by atoms with E-state index in [2.05, 4.69) is 4.98 Å². The fourth-order valence-electron chi connectivity index (χ4n) is 2.84. The molecule has 3 aromatic rings. The summed E-state index contributed by atoms with van der Waals surface area (Å²) in [6.07, 6.45) is 2.61. The lowest BCUT2D eigenvalue weighted by Crippen LogP contribution is -2.32. The number of carbonyl (C=O) groups excluding carboxylic acids is 1. The van der Waals surface area contributed by atoms with Gasteiger partial charge in [-0.25, -0.2) is 9.36 Å². The number of hydrogen-bond acceptors (Lipinski definition) is 6. The molecule has 2 heterocycles. The molecule has 1 aliphatic rings. The normalized spacial score (nSPS) is 12.4. The fourth-order valence-corrected chi connectivity index (χ4v) is 2.84. The summed E-state index contributed by atoms with van der Waals surface area (Å²) in [7, 11) is 0. The minimum atomic E-state index is -0.963. The van der Waals surface area contributed by atoms with E-state index in [-0.39, 0.29) is 6.79 Å². The van der Waals surface area contributed by atoms with Crippen LogP contribution in [0.4, 0.5) is 0 Å². The van der Waals surface area contributed by atoms with Crippen LogP contribution >= 0.6 is 0 Å². The Balaban J connectivity index is 1.72. The van der Waals surface area contributed by atoms with Crippen LogP contribution in [-0.4, -0.2) is 27.2 Å². The maximum Gasteiger partial charge on any atom is 0.335 e. The monoisotopic (exact) mass is 378 g/mol. The molecule has 0 fully saturated rings. The Bertz CT molecular complexity index is 1210. The lowest BCUT2D eigenvalue weighted by Gasteiger charge is -2.09. The lowest BCUT2D eigenvalue weighted by molar-refractivity contribution is 0.104. The average molecular weight is 378 g/mol. The molecule has 0 atom stereocenters. The number of nitrogens with one attached hydrogen (secondary N) is 1. The zero-order valence-electron chi connectivity index (χ0n) is 14.4. The molecule has 1 aliphatic heterocycles. The van der Waals surface area contributed by atoms with Gasteiger partial charge in [-0.15, -0.1) is 0 Å². The minimum Gasteiger partial charge on any atom is -0.493 e. The molecule has 0 saturated heterocycles. The average Bonchev–Trinajstić information content (AvgIpc) is 3.14. The van der Waals surface area contributed by atoms with Crippen LogP contribution in [0, 0.1) is 0 Å². The van der Waals surface area contributed by atoms with Crippen molar-refractivity contribution in [1.82, 2.24) is 9.55 Å². The van der Waals surface area contributed by atoms with Gasteiger partial charge in [-0.2, -0.15) is 0 Å². The molecule has 140 valence electrons. The third-order valence-corrected chi connectivity index (χ3v) is 4.17. The molecule has 0 spiro atoms. The van der Waals surface area contributed by atoms with Crippen molar-refractivity contribution in [1.29, 1.82) is 0 Å². The van der Waals surface area contributed by atoms with E-state index >= 15 is 0 Å². The van der Waals surface area contributed by atoms with Crippen LogP contribution in [0.3, 0.4) is 0 Å². The number of rotatable bonds is 4. The number of para-hydroxylation sites is 1. The molecular weight excluding hydrogens is 364 g/mol. The standard InChI is InChI=1S/C20H14N2O6/c23-14(8-6-12-7-9-15-16(10-12)28-11-27-15)17-18(24)21-20(26)22(19(17)25)13-4-2-1-3-5-13/h1-10,25H,11H2,(H,21,24,26)/b8-6+. The number of ketones is 1. The second-order valence-corrected chi connectivity index (χ2v) is 5.94. The van der Waals surface area contributed by atoms with E-state index in [9.17, 15) is 19.5 Å². The Morgan fingerprint density at radius 1 is 1.07 bits per heavy atom. The first kappa shape index (κ1) is 17.3. The summed E-state index contributed by atoms with van der Waals surface area (Å²) >= 11 is 0. The summed E-state index contributed by atoms with van der Waals surface area (Å²) in [4.78, 5) is 38.9. The van der Waals surface area contributed by atoms with Gasteiger partial charge in [0.25, 0.3) is 5.56 Å². The first-order chi connectivity index (χ1) is 13.5. The number of allylic oxidation sites excluding steroid dienone is 1. The quantitative estimate of drug-likeness (QED) is 0.530. The maximum absolute atomic E-state index is 12.6. The Morgan fingerprint density at radius 3 is 2.61 bits per heavy atom. The molecule has 1 aromatic heterocycles. The van der Waals surface area contributed by atoms with E-state index in [1.807, 2.05) is 0 Å². The van der Waals surface area contributed by atoms with Gasteiger partial charge in [-0.05, 0) is 35.9 Å². The van der Waals surface area contributed by atoms with E-state index in [0.29, 0.717) is 22.7 Å². The van der Waals surface area contributed by atoms with Gasteiger partial charge in [0, 0.05) is 0 Å². The SMILES string of the molecule is O=C(/C=C/c1ccc2c(c1)OCO2)c1c(O)n(-c2ccccc2)c(=O)[nH]c1=O. The fraction of sp³-hybridized carbons (Fsp3) is 0.0500. The van der Waals surface area contributed by atoms with Gasteiger partial charge in [0.1, 0.15) is 5.56 Å². The van der Waals surface area contributed by atoms with Gasteiger partial charge in [-0.1, -0.05) is 30.3 Å². The van der Waals surface area contributed by atoms with E-state index in [1.54, 1.807) is 48.5 Å². The number of benzene rings is 2. The second-order valence-electron chi connectivity index (χ2n) is 5.94. The van der Waals surface area contributed by atoms with Crippen LogP contribution in [0.1, 0.15) is 15.9 Å². The van der Waals surface area contributed by atoms with Crippen molar-refractivity contribution in [3.8, 4) is 23.1 Å². The highest BCUT2D eigenvalue weighted by molar-refractivity contribution is 6.08. The smallest absolute Gasteiger partial charge is 0.335 e. The number of fused-ring (bicyclic) bond motifs is 1. The second kappa shape index (κ2) is 6.92. The largest absolute Gasteiger partial charge is 0.493 e. The van der Waals surface area contributed by atoms with Gasteiger partial charge < -0.3 is 14.6 Å². The molecule has 8 nitrogen and oxygen atoms in total. The highest BCUT2D eigenvalue weighted by Crippen LogP contribution is 2.32. The van der Waals surface area contributed by atoms with Gasteiger partial charge in [0.15, 0.2) is 17.3 Å². The molecule has 28 heavy (non-hydrogen) atoms. The third-order valence-electron chi connectivity index (χ3n) is 4.17. The van der Waals surface area contributed by atoms with Crippen LogP contribution in [-0.2, 0) is 0 Å². The maximum atomic E-state index is 12.6. The zero-order chi connectivity index (χ0) is 19.7. The molecule has 0 aliphatic carbocycles. The van der Waals surface area contributed by atoms with E-state index in [4.69, 9.17) is 9.47 Å². The van der Waals surface area contributed by atoms with Crippen LogP contribution in [0.5, 0.6) is 17.4 Å². The number of aromatic hydroxyl groups is 1. The molecule has 0 unspecified atom stereocenters. The molecule has 2 N–H and O–H groups in total. The predicted octanol–water partition coefficient (Wildman–Crippen LogP) is 1.86. The number of aromatic nitrogens is 2. The van der Waals surface area contributed by atoms with Crippen LogP contribution in [0.25, 0.3) is 11.8 Å². The number of H-pyrrole nitrogens is 1. The van der Waals surface area contributed by atoms with Gasteiger partial charge in [-0.3, -0.25) is 14.6 Å². The van der Waals surface area contributed by atoms with Crippen LogP contribution < -0.4 is 20.7 Å². The third kappa shape index (κ3) is 3.07. The first-order valence-electron chi connectivity index (χ1n) is 8.30. The topological polar surface area (TPSA) is 111 Å². The summed E-state index contributed by atoms with van der Waals surface area (Å²) in [6.45, 7) is 0.131. The number of hydrogen-bond donors (Lipinski definition) is 2. The Hall–Kier alpha value is -4.07. The number of carbonyl (C=O) groups is 1. The Kier molecular flexibility index (Phi) is 4.29. The molecule has 0 radical (unpaired) electrons. The molecule has 8 heteroatoms. The van der Waals surface area contributed by atoms with Crippen molar-refractivity contribution in [2.24, 2.45) is 0 Å². The molecule has 2 aromatic carbocycles. The summed E-state index contributed by atoms with van der Waals surface area (Å²) in [5, 5.41) is 10.5. The number of ether oxygens (including phenoxy) is 2. The van der Waals surface area contributed by atoms with Crippen molar-refractivity contribution in [2.75, 3.05) is 6.79 Å². The molecule has 0 bridgehead atoms. The summed E-state index contributed by atoms with van der Waals surface area (Å²) < 4.78 is 11.4. The van der Waals surface area contributed by atoms with Crippen LogP contribution in [0.15, 0.2) is 64.2 Å². The van der Waals surface area contributed by atoms with E-state index < -0.39 is 28.5 Å². The zero-order valence-corrected chi connectivity index (χ0v) is 14.4. The van der Waals surface area contributed by atoms with Crippen LogP contribution in [0.2, 0.25) is 0 Å². The van der Waals surface area contributed by atoms with E-state index in [0.717, 1.165) is 10.6 Å². The van der Waals surface area contributed by atoms with Gasteiger partial charge >= 0.3 is 5.69 Å². The van der Waals surface area contributed by atoms with Gasteiger partial charge in [0.2, 0.25) is 12.7 Å². The van der Waals surface area contributed by atoms with Crippen molar-refractivity contribution >= 4 is 11.9 Å². The Morgan fingerprint density at radius 2 is 1.82 bits per heavy atom. The summed E-state index contributed by atoms with van der Waals surface area (Å²) in [5.74, 6) is -0.318. The van der Waals surface area contributed by atoms with Crippen molar-refractivity contribution in [3.63, 3.8) is 0 Å². The first-order valence-corrected chi connectivity index (χ1v) is 8.30. The molecular formula is C20H14N2O6. The highest BCUT2D eigenvalue weighted by atomic mass is 16.7. The van der Waals surface area contributed by atoms with Crippen molar-refractivity contribution < 1.29 is 19.4 Å².